The van der Waals surface area contributed by atoms with Gasteiger partial charge in [0.25, 0.3) is 0 Å². The molecule has 1 rings (SSSR count). The first-order chi connectivity index (χ1) is 9.00. The van der Waals surface area contributed by atoms with E-state index in [1.807, 2.05) is 20.8 Å². The second-order valence-electron chi connectivity index (χ2n) is 5.78. The van der Waals surface area contributed by atoms with Gasteiger partial charge in [-0.1, -0.05) is 20.8 Å². The lowest BCUT2D eigenvalue weighted by Gasteiger charge is -2.20. The Morgan fingerprint density at radius 3 is 2.30 bits per heavy atom. The molecule has 0 aliphatic rings. The molecular weight excluding hydrogens is 269 g/mol. The van der Waals surface area contributed by atoms with Crippen LogP contribution in [0.2, 0.25) is 0 Å². The van der Waals surface area contributed by atoms with Crippen molar-refractivity contribution in [1.82, 2.24) is 0 Å². The van der Waals surface area contributed by atoms with Gasteiger partial charge in [-0.2, -0.15) is 13.2 Å². The summed E-state index contributed by atoms with van der Waals surface area (Å²) in [5.74, 6) is -0.636. The van der Waals surface area contributed by atoms with Crippen LogP contribution in [0.3, 0.4) is 0 Å². The second kappa shape index (κ2) is 5.73. The van der Waals surface area contributed by atoms with Crippen molar-refractivity contribution in [3.05, 3.63) is 29.3 Å². The third kappa shape index (κ3) is 4.75. The van der Waals surface area contributed by atoms with Gasteiger partial charge in [-0.25, -0.2) is 0 Å². The van der Waals surface area contributed by atoms with Gasteiger partial charge in [-0.05, 0) is 30.0 Å². The van der Waals surface area contributed by atoms with Crippen LogP contribution in [0.4, 0.5) is 13.2 Å². The highest BCUT2D eigenvalue weighted by Gasteiger charge is 2.35. The fourth-order valence-corrected chi connectivity index (χ4v) is 1.51. The zero-order valence-electron chi connectivity index (χ0n) is 11.8. The number of hydrogen-bond donors (Lipinski definition) is 2. The minimum Gasteiger partial charge on any atom is -0.493 e. The lowest BCUT2D eigenvalue weighted by molar-refractivity contribution is -0.139. The van der Waals surface area contributed by atoms with Gasteiger partial charge in [0.15, 0.2) is 0 Å². The number of nitrogens with one attached hydrogen (secondary N) is 1. The molecule has 0 fully saturated rings. The SMILES string of the molecule is CC(C)(C)CCOc1ccc(C(=N)N)cc1C(F)(F)F. The van der Waals surface area contributed by atoms with Crippen LogP contribution < -0.4 is 10.5 Å². The lowest BCUT2D eigenvalue weighted by Crippen LogP contribution is -2.16. The topological polar surface area (TPSA) is 59.1 Å². The second-order valence-corrected chi connectivity index (χ2v) is 5.78. The number of alkyl halides is 3. The molecule has 0 saturated heterocycles. The van der Waals surface area contributed by atoms with Crippen molar-refractivity contribution in [2.75, 3.05) is 6.61 Å². The maximum absolute atomic E-state index is 13.0. The van der Waals surface area contributed by atoms with Gasteiger partial charge < -0.3 is 10.5 Å². The summed E-state index contributed by atoms with van der Waals surface area (Å²) in [6, 6.07) is 3.40. The van der Waals surface area contributed by atoms with Crippen LogP contribution >= 0.6 is 0 Å². The van der Waals surface area contributed by atoms with Crippen LogP contribution in [0.25, 0.3) is 0 Å². The Morgan fingerprint density at radius 1 is 1.25 bits per heavy atom. The minimum atomic E-state index is -4.54. The van der Waals surface area contributed by atoms with Crippen LogP contribution in [0.5, 0.6) is 5.75 Å². The first kappa shape index (κ1) is 16.3. The molecule has 0 atom stereocenters. The number of nitrogen functional groups attached to an aromatic ring is 1. The van der Waals surface area contributed by atoms with Gasteiger partial charge in [0.05, 0.1) is 12.2 Å². The van der Waals surface area contributed by atoms with Gasteiger partial charge in [-0.15, -0.1) is 0 Å². The Balaban J connectivity index is 2.98. The van der Waals surface area contributed by atoms with E-state index in [1.54, 1.807) is 0 Å². The molecule has 0 aliphatic heterocycles. The molecule has 20 heavy (non-hydrogen) atoms. The van der Waals surface area contributed by atoms with Gasteiger partial charge >= 0.3 is 6.18 Å². The number of amidine groups is 1. The highest BCUT2D eigenvalue weighted by Crippen LogP contribution is 2.37. The van der Waals surface area contributed by atoms with Crippen molar-refractivity contribution in [2.45, 2.75) is 33.4 Å². The minimum absolute atomic E-state index is 0.0161. The Bertz CT molecular complexity index is 490. The smallest absolute Gasteiger partial charge is 0.419 e. The highest BCUT2D eigenvalue weighted by atomic mass is 19.4. The van der Waals surface area contributed by atoms with Gasteiger partial charge in [0.1, 0.15) is 11.6 Å². The van der Waals surface area contributed by atoms with E-state index < -0.39 is 17.6 Å². The van der Waals surface area contributed by atoms with Crippen LogP contribution in [0, 0.1) is 10.8 Å². The first-order valence-corrected chi connectivity index (χ1v) is 6.19. The number of nitrogens with two attached hydrogens (primary N) is 1. The van der Waals surface area contributed by atoms with E-state index in [-0.39, 0.29) is 23.3 Å². The van der Waals surface area contributed by atoms with Crippen molar-refractivity contribution in [3.8, 4) is 5.75 Å². The summed E-state index contributed by atoms with van der Waals surface area (Å²) in [4.78, 5) is 0. The number of benzene rings is 1. The average molecular weight is 288 g/mol. The quantitative estimate of drug-likeness (QED) is 0.654. The van der Waals surface area contributed by atoms with Gasteiger partial charge in [0, 0.05) is 5.56 Å². The summed E-state index contributed by atoms with van der Waals surface area (Å²) >= 11 is 0. The van der Waals surface area contributed by atoms with Crippen molar-refractivity contribution >= 4 is 5.84 Å². The molecule has 0 bridgehead atoms. The average Bonchev–Trinajstić information content (AvgIpc) is 2.25. The zero-order chi connectivity index (χ0) is 15.6. The Kier molecular flexibility index (Phi) is 4.68. The fraction of sp³-hybridized carbons (Fsp3) is 0.500. The summed E-state index contributed by atoms with van der Waals surface area (Å²) in [5.41, 5.74) is 4.32. The highest BCUT2D eigenvalue weighted by molar-refractivity contribution is 5.95. The molecule has 1 aromatic carbocycles. The summed E-state index contributed by atoms with van der Waals surface area (Å²) in [5, 5.41) is 7.20. The van der Waals surface area contributed by atoms with E-state index in [1.165, 1.54) is 12.1 Å². The molecule has 0 saturated carbocycles. The Labute approximate surface area is 116 Å². The summed E-state index contributed by atoms with van der Waals surface area (Å²) in [7, 11) is 0. The largest absolute Gasteiger partial charge is 0.493 e. The molecule has 0 aliphatic carbocycles. The van der Waals surface area contributed by atoms with Crippen molar-refractivity contribution in [2.24, 2.45) is 11.1 Å². The summed E-state index contributed by atoms with van der Waals surface area (Å²) < 4.78 is 44.1. The van der Waals surface area contributed by atoms with Crippen molar-refractivity contribution < 1.29 is 17.9 Å². The molecule has 0 amide bonds. The molecule has 0 spiro atoms. The third-order valence-corrected chi connectivity index (χ3v) is 2.71. The number of halogens is 3. The molecule has 0 aromatic heterocycles. The van der Waals surface area contributed by atoms with E-state index in [9.17, 15) is 13.2 Å². The van der Waals surface area contributed by atoms with Gasteiger partial charge in [-0.3, -0.25) is 5.41 Å². The maximum Gasteiger partial charge on any atom is 0.419 e. The van der Waals surface area contributed by atoms with E-state index in [4.69, 9.17) is 15.9 Å². The lowest BCUT2D eigenvalue weighted by atomic mass is 9.93. The predicted molar refractivity (Wildman–Crippen MR) is 72.0 cm³/mol. The van der Waals surface area contributed by atoms with E-state index >= 15 is 0 Å². The summed E-state index contributed by atoms with van der Waals surface area (Å²) in [6.07, 6.45) is -3.90. The molecule has 1 aromatic rings. The number of rotatable bonds is 4. The van der Waals surface area contributed by atoms with Gasteiger partial charge in [0.2, 0.25) is 0 Å². The summed E-state index contributed by atoms with van der Waals surface area (Å²) in [6.45, 7) is 6.16. The maximum atomic E-state index is 13.0. The molecule has 0 unspecified atom stereocenters. The van der Waals surface area contributed by atoms with E-state index in [0.717, 1.165) is 6.07 Å². The van der Waals surface area contributed by atoms with Crippen LogP contribution in [-0.4, -0.2) is 12.4 Å². The van der Waals surface area contributed by atoms with E-state index in [2.05, 4.69) is 0 Å². The molecule has 0 heterocycles. The van der Waals surface area contributed by atoms with Crippen LogP contribution in [0.1, 0.15) is 38.3 Å². The standard InChI is InChI=1S/C14H19F3N2O/c1-13(2,3)6-7-20-11-5-4-9(12(18)19)8-10(11)14(15,16)17/h4-5,8H,6-7H2,1-3H3,(H3,18,19). The van der Waals surface area contributed by atoms with Crippen molar-refractivity contribution in [3.63, 3.8) is 0 Å². The molecule has 6 heteroatoms. The van der Waals surface area contributed by atoms with E-state index in [0.29, 0.717) is 6.42 Å². The Morgan fingerprint density at radius 2 is 1.85 bits per heavy atom. The monoisotopic (exact) mass is 288 g/mol. The molecule has 3 nitrogen and oxygen atoms in total. The molecule has 112 valence electrons. The number of hydrogen-bond acceptors (Lipinski definition) is 2. The Hall–Kier alpha value is -1.72. The molecule has 0 radical (unpaired) electrons. The zero-order valence-corrected chi connectivity index (χ0v) is 11.8. The molecular formula is C14H19F3N2O. The van der Waals surface area contributed by atoms with Crippen molar-refractivity contribution in [1.29, 1.82) is 5.41 Å². The number of ether oxygens (including phenoxy) is 1. The van der Waals surface area contributed by atoms with Crippen LogP contribution in [0.15, 0.2) is 18.2 Å². The predicted octanol–water partition coefficient (Wildman–Crippen LogP) is 3.80. The van der Waals surface area contributed by atoms with Crippen LogP contribution in [-0.2, 0) is 6.18 Å². The fourth-order valence-electron chi connectivity index (χ4n) is 1.51. The third-order valence-electron chi connectivity index (χ3n) is 2.71. The molecule has 3 N–H and O–H groups in total. The first-order valence-electron chi connectivity index (χ1n) is 6.19. The normalized spacial score (nSPS) is 12.3.